The molecule has 0 saturated carbocycles. The SMILES string of the molecule is Cc1ccc2c(-c3nnc(SCCCC4CCc5c(ccc6oc(C)nc56)NC4)n3C)cccc2n1. The van der Waals surface area contributed by atoms with Gasteiger partial charge in [-0.1, -0.05) is 30.0 Å². The van der Waals surface area contributed by atoms with E-state index < -0.39 is 0 Å². The Kier molecular flexibility index (Phi) is 6.13. The lowest BCUT2D eigenvalue weighted by molar-refractivity contribution is 0.476. The predicted octanol–water partition coefficient (Wildman–Crippen LogP) is 6.34. The molecular formula is C28H30N6OS. The Morgan fingerprint density at radius 2 is 2.00 bits per heavy atom. The van der Waals surface area contributed by atoms with Gasteiger partial charge in [-0.15, -0.1) is 10.2 Å². The molecule has 0 bridgehead atoms. The highest BCUT2D eigenvalue weighted by Gasteiger charge is 2.20. The lowest BCUT2D eigenvalue weighted by Gasteiger charge is -2.14. The van der Waals surface area contributed by atoms with E-state index in [4.69, 9.17) is 4.42 Å². The number of aryl methyl sites for hydroxylation is 3. The van der Waals surface area contributed by atoms with E-state index in [1.807, 2.05) is 38.1 Å². The number of aromatic nitrogens is 5. The second-order valence-corrected chi connectivity index (χ2v) is 10.7. The molecular weight excluding hydrogens is 468 g/mol. The molecule has 4 heterocycles. The molecule has 0 radical (unpaired) electrons. The summed E-state index contributed by atoms with van der Waals surface area (Å²) >= 11 is 1.79. The van der Waals surface area contributed by atoms with E-state index in [2.05, 4.69) is 55.3 Å². The summed E-state index contributed by atoms with van der Waals surface area (Å²) < 4.78 is 7.84. The molecule has 6 rings (SSSR count). The highest BCUT2D eigenvalue weighted by Crippen LogP contribution is 2.33. The number of oxazole rings is 1. The van der Waals surface area contributed by atoms with Crippen molar-refractivity contribution in [3.63, 3.8) is 0 Å². The molecule has 2 aromatic carbocycles. The van der Waals surface area contributed by atoms with E-state index in [-0.39, 0.29) is 0 Å². The summed E-state index contributed by atoms with van der Waals surface area (Å²) in [4.78, 5) is 9.29. The fourth-order valence-corrected chi connectivity index (χ4v) is 6.06. The summed E-state index contributed by atoms with van der Waals surface area (Å²) in [7, 11) is 2.05. The molecule has 184 valence electrons. The van der Waals surface area contributed by atoms with Crippen LogP contribution in [-0.2, 0) is 13.5 Å². The lowest BCUT2D eigenvalue weighted by atomic mass is 9.96. The first kappa shape index (κ1) is 23.0. The maximum absolute atomic E-state index is 5.73. The number of pyridine rings is 1. The van der Waals surface area contributed by atoms with Gasteiger partial charge in [0.1, 0.15) is 5.52 Å². The van der Waals surface area contributed by atoms with Crippen molar-refractivity contribution in [1.29, 1.82) is 0 Å². The normalized spacial score (nSPS) is 15.7. The second-order valence-electron chi connectivity index (χ2n) is 9.64. The maximum Gasteiger partial charge on any atom is 0.192 e. The van der Waals surface area contributed by atoms with Crippen molar-refractivity contribution in [3.05, 3.63) is 59.6 Å². The predicted molar refractivity (Wildman–Crippen MR) is 145 cm³/mol. The second kappa shape index (κ2) is 9.58. The first-order valence-electron chi connectivity index (χ1n) is 12.6. The van der Waals surface area contributed by atoms with Gasteiger partial charge in [0, 0.05) is 54.2 Å². The zero-order chi connectivity index (χ0) is 24.6. The van der Waals surface area contributed by atoms with Gasteiger partial charge in [-0.3, -0.25) is 4.98 Å². The van der Waals surface area contributed by atoms with E-state index >= 15 is 0 Å². The van der Waals surface area contributed by atoms with Crippen LogP contribution < -0.4 is 5.32 Å². The highest BCUT2D eigenvalue weighted by atomic mass is 32.2. The average molecular weight is 499 g/mol. The molecule has 0 saturated heterocycles. The monoisotopic (exact) mass is 498 g/mol. The Labute approximate surface area is 214 Å². The largest absolute Gasteiger partial charge is 0.441 e. The van der Waals surface area contributed by atoms with Gasteiger partial charge < -0.3 is 14.3 Å². The van der Waals surface area contributed by atoms with E-state index in [0.29, 0.717) is 5.92 Å². The number of anilines is 1. The molecule has 1 aliphatic heterocycles. The van der Waals surface area contributed by atoms with Gasteiger partial charge in [0.15, 0.2) is 22.5 Å². The summed E-state index contributed by atoms with van der Waals surface area (Å²) in [6.45, 7) is 4.93. The van der Waals surface area contributed by atoms with Crippen molar-refractivity contribution >= 4 is 39.5 Å². The lowest BCUT2D eigenvalue weighted by Crippen LogP contribution is -2.12. The smallest absolute Gasteiger partial charge is 0.192 e. The van der Waals surface area contributed by atoms with Gasteiger partial charge in [0.25, 0.3) is 0 Å². The number of nitrogens with one attached hydrogen (secondary N) is 1. The molecule has 0 amide bonds. The number of rotatable bonds is 6. The molecule has 1 unspecified atom stereocenters. The minimum Gasteiger partial charge on any atom is -0.441 e. The van der Waals surface area contributed by atoms with E-state index in [9.17, 15) is 0 Å². The zero-order valence-electron chi connectivity index (χ0n) is 20.9. The molecule has 1 N–H and O–H groups in total. The van der Waals surface area contributed by atoms with Crippen molar-refractivity contribution in [2.24, 2.45) is 13.0 Å². The van der Waals surface area contributed by atoms with Crippen LogP contribution in [0.15, 0.2) is 52.0 Å². The van der Waals surface area contributed by atoms with Gasteiger partial charge in [-0.05, 0) is 62.8 Å². The third kappa shape index (κ3) is 4.34. The van der Waals surface area contributed by atoms with Crippen molar-refractivity contribution in [2.45, 2.75) is 44.7 Å². The number of nitrogens with zero attached hydrogens (tertiary/aromatic N) is 5. The van der Waals surface area contributed by atoms with Crippen LogP contribution in [0.3, 0.4) is 0 Å². The minimum absolute atomic E-state index is 0.641. The zero-order valence-corrected chi connectivity index (χ0v) is 21.7. The Bertz CT molecular complexity index is 1560. The Hall–Kier alpha value is -3.39. The van der Waals surface area contributed by atoms with Crippen molar-refractivity contribution in [3.8, 4) is 11.4 Å². The van der Waals surface area contributed by atoms with Crippen molar-refractivity contribution in [2.75, 3.05) is 17.6 Å². The standard InChI is InChI=1S/C28H30N6OS/c1-17-9-11-20-21(7-4-8-24(20)30-17)27-32-33-28(34(27)3)36-15-5-6-19-10-12-22-23(29-16-19)13-14-25-26(22)31-18(2)35-25/h4,7-9,11,13-14,19,29H,5-6,10,12,15-16H2,1-3H3. The number of benzene rings is 2. The molecule has 36 heavy (non-hydrogen) atoms. The van der Waals surface area contributed by atoms with Crippen LogP contribution in [0.2, 0.25) is 0 Å². The summed E-state index contributed by atoms with van der Waals surface area (Å²) in [6.07, 6.45) is 4.54. The molecule has 0 spiro atoms. The fourth-order valence-electron chi connectivity index (χ4n) is 5.19. The Morgan fingerprint density at radius 1 is 1.08 bits per heavy atom. The minimum atomic E-state index is 0.641. The summed E-state index contributed by atoms with van der Waals surface area (Å²) in [5, 5.41) is 14.8. The quantitative estimate of drug-likeness (QED) is 0.216. The highest BCUT2D eigenvalue weighted by molar-refractivity contribution is 7.99. The van der Waals surface area contributed by atoms with Gasteiger partial charge in [-0.25, -0.2) is 4.98 Å². The maximum atomic E-state index is 5.73. The number of fused-ring (bicyclic) bond motifs is 4. The first-order chi connectivity index (χ1) is 17.6. The number of hydrogen-bond acceptors (Lipinski definition) is 7. The van der Waals surface area contributed by atoms with Crippen LogP contribution in [0.4, 0.5) is 5.69 Å². The fraction of sp³-hybridized carbons (Fsp3) is 0.357. The van der Waals surface area contributed by atoms with Gasteiger partial charge in [0.05, 0.1) is 5.52 Å². The molecule has 7 nitrogen and oxygen atoms in total. The molecule has 0 aliphatic carbocycles. The van der Waals surface area contributed by atoms with Crippen LogP contribution in [0.1, 0.15) is 36.4 Å². The number of hydrogen-bond donors (Lipinski definition) is 1. The number of thioether (sulfide) groups is 1. The van der Waals surface area contributed by atoms with Crippen LogP contribution in [0, 0.1) is 19.8 Å². The topological polar surface area (TPSA) is 81.7 Å². The summed E-state index contributed by atoms with van der Waals surface area (Å²) in [5.41, 5.74) is 7.49. The first-order valence-corrected chi connectivity index (χ1v) is 13.6. The molecule has 0 fully saturated rings. The molecule has 5 aromatic rings. The average Bonchev–Trinajstić information content (AvgIpc) is 3.36. The van der Waals surface area contributed by atoms with E-state index in [1.54, 1.807) is 11.8 Å². The third-order valence-electron chi connectivity index (χ3n) is 7.09. The van der Waals surface area contributed by atoms with Gasteiger partial charge >= 0.3 is 0 Å². The molecule has 8 heteroatoms. The molecule has 1 atom stereocenters. The van der Waals surface area contributed by atoms with Crippen LogP contribution in [-0.4, -0.2) is 37.0 Å². The Morgan fingerprint density at radius 3 is 2.92 bits per heavy atom. The van der Waals surface area contributed by atoms with Gasteiger partial charge in [0.2, 0.25) is 0 Å². The van der Waals surface area contributed by atoms with E-state index in [0.717, 1.165) is 75.3 Å². The molecule has 3 aromatic heterocycles. The Balaban J connectivity index is 1.07. The van der Waals surface area contributed by atoms with Gasteiger partial charge in [-0.2, -0.15) is 0 Å². The third-order valence-corrected chi connectivity index (χ3v) is 8.20. The van der Waals surface area contributed by atoms with Crippen LogP contribution in [0.5, 0.6) is 0 Å². The summed E-state index contributed by atoms with van der Waals surface area (Å²) in [5.74, 6) is 3.28. The van der Waals surface area contributed by atoms with Crippen LogP contribution in [0.25, 0.3) is 33.4 Å². The summed E-state index contributed by atoms with van der Waals surface area (Å²) in [6, 6.07) is 14.5. The van der Waals surface area contributed by atoms with Crippen LogP contribution >= 0.6 is 11.8 Å². The van der Waals surface area contributed by atoms with E-state index in [1.165, 1.54) is 24.1 Å². The van der Waals surface area contributed by atoms with Crippen molar-refractivity contribution < 1.29 is 4.42 Å². The van der Waals surface area contributed by atoms with Crippen molar-refractivity contribution in [1.82, 2.24) is 24.7 Å². The molecule has 1 aliphatic rings.